The second-order valence-corrected chi connectivity index (χ2v) is 5.00. The molecule has 2 rings (SSSR count). The van der Waals surface area contributed by atoms with Crippen molar-refractivity contribution in [3.8, 4) is 11.5 Å². The number of benzene rings is 2. The number of carbonyl (C=O) groups excluding carboxylic acids is 2. The van der Waals surface area contributed by atoms with E-state index in [9.17, 15) is 9.59 Å². The van der Waals surface area contributed by atoms with Crippen LogP contribution in [0.25, 0.3) is 0 Å². The number of methoxy groups -OCH3 is 1. The van der Waals surface area contributed by atoms with Crippen LogP contribution in [0.2, 0.25) is 0 Å². The third kappa shape index (κ3) is 4.85. The lowest BCUT2D eigenvalue weighted by Gasteiger charge is -2.10. The fourth-order valence-corrected chi connectivity index (χ4v) is 2.08. The quantitative estimate of drug-likeness (QED) is 0.656. The summed E-state index contributed by atoms with van der Waals surface area (Å²) in [6.45, 7) is 1.75. The van der Waals surface area contributed by atoms with E-state index < -0.39 is 5.97 Å². The molecule has 0 fully saturated rings. The lowest BCUT2D eigenvalue weighted by Crippen LogP contribution is -2.33. The average molecular weight is 313 g/mol. The molecule has 0 bridgehead atoms. The number of amides is 1. The van der Waals surface area contributed by atoms with Crippen molar-refractivity contribution in [2.75, 3.05) is 13.7 Å². The van der Waals surface area contributed by atoms with Crippen LogP contribution in [0.3, 0.4) is 0 Å². The summed E-state index contributed by atoms with van der Waals surface area (Å²) in [5, 5.41) is 2.56. The van der Waals surface area contributed by atoms with Gasteiger partial charge in [-0.25, -0.2) is 4.79 Å². The molecule has 1 amide bonds. The number of ether oxygens (including phenoxy) is 2. The highest BCUT2D eigenvalue weighted by molar-refractivity contribution is 5.84. The van der Waals surface area contributed by atoms with Crippen LogP contribution in [0.5, 0.6) is 11.5 Å². The van der Waals surface area contributed by atoms with Crippen LogP contribution in [0.1, 0.15) is 11.1 Å². The van der Waals surface area contributed by atoms with Gasteiger partial charge in [0.25, 0.3) is 0 Å². The number of para-hydroxylation sites is 2. The molecule has 23 heavy (non-hydrogen) atoms. The highest BCUT2D eigenvalue weighted by Crippen LogP contribution is 2.25. The largest absolute Gasteiger partial charge is 0.493 e. The molecule has 2 aromatic rings. The number of aryl methyl sites for hydroxylation is 1. The maximum absolute atomic E-state index is 11.9. The Balaban J connectivity index is 1.84. The summed E-state index contributed by atoms with van der Waals surface area (Å²) >= 11 is 0. The highest BCUT2D eigenvalue weighted by atomic mass is 16.6. The average Bonchev–Trinajstić information content (AvgIpc) is 2.55. The molecule has 1 N–H and O–H groups in total. The Hall–Kier alpha value is -2.82. The van der Waals surface area contributed by atoms with Crippen LogP contribution in [-0.4, -0.2) is 25.5 Å². The zero-order valence-electron chi connectivity index (χ0n) is 13.2. The number of nitrogens with one attached hydrogen (secondary N) is 1. The standard InChI is InChI=1S/C18H19NO4/c1-13-7-3-4-8-14(13)11-17(20)19-12-18(21)23-16-10-6-5-9-15(16)22-2/h3-10H,11-12H2,1-2H3,(H,19,20). The van der Waals surface area contributed by atoms with E-state index >= 15 is 0 Å². The van der Waals surface area contributed by atoms with Gasteiger partial charge in [-0.1, -0.05) is 36.4 Å². The topological polar surface area (TPSA) is 64.6 Å². The van der Waals surface area contributed by atoms with Crippen molar-refractivity contribution in [2.45, 2.75) is 13.3 Å². The van der Waals surface area contributed by atoms with Gasteiger partial charge in [0.05, 0.1) is 13.5 Å². The van der Waals surface area contributed by atoms with Gasteiger partial charge in [-0.2, -0.15) is 0 Å². The first kappa shape index (κ1) is 16.5. The third-order valence-electron chi connectivity index (χ3n) is 3.34. The van der Waals surface area contributed by atoms with Gasteiger partial charge < -0.3 is 14.8 Å². The summed E-state index contributed by atoms with van der Waals surface area (Å²) in [5.41, 5.74) is 1.97. The van der Waals surface area contributed by atoms with Crippen molar-refractivity contribution < 1.29 is 19.1 Å². The summed E-state index contributed by atoms with van der Waals surface area (Å²) in [6, 6.07) is 14.5. The zero-order valence-corrected chi connectivity index (χ0v) is 13.2. The number of rotatable bonds is 6. The van der Waals surface area contributed by atoms with Crippen LogP contribution < -0.4 is 14.8 Å². The lowest BCUT2D eigenvalue weighted by atomic mass is 10.1. The van der Waals surface area contributed by atoms with Gasteiger partial charge in [0.2, 0.25) is 5.91 Å². The van der Waals surface area contributed by atoms with Gasteiger partial charge in [0.1, 0.15) is 6.54 Å². The van der Waals surface area contributed by atoms with Crippen LogP contribution in [0, 0.1) is 6.92 Å². The molecule has 0 aromatic heterocycles. The number of hydrogen-bond acceptors (Lipinski definition) is 4. The zero-order chi connectivity index (χ0) is 16.7. The van der Waals surface area contributed by atoms with E-state index in [4.69, 9.17) is 9.47 Å². The fourth-order valence-electron chi connectivity index (χ4n) is 2.08. The molecule has 5 heteroatoms. The van der Waals surface area contributed by atoms with E-state index in [1.165, 1.54) is 7.11 Å². The Bertz CT molecular complexity index is 697. The Morgan fingerprint density at radius 3 is 2.35 bits per heavy atom. The molecule has 0 saturated carbocycles. The molecule has 0 saturated heterocycles. The molecule has 5 nitrogen and oxygen atoms in total. The van der Waals surface area contributed by atoms with Gasteiger partial charge in [-0.05, 0) is 30.2 Å². The van der Waals surface area contributed by atoms with E-state index in [-0.39, 0.29) is 18.9 Å². The first-order chi connectivity index (χ1) is 11.1. The minimum absolute atomic E-state index is 0.192. The van der Waals surface area contributed by atoms with Crippen LogP contribution in [0.15, 0.2) is 48.5 Å². The number of hydrogen-bond donors (Lipinski definition) is 1. The van der Waals surface area contributed by atoms with Crippen LogP contribution in [-0.2, 0) is 16.0 Å². The van der Waals surface area contributed by atoms with E-state index in [0.29, 0.717) is 11.5 Å². The van der Waals surface area contributed by atoms with E-state index in [1.807, 2.05) is 31.2 Å². The Morgan fingerprint density at radius 1 is 1.00 bits per heavy atom. The predicted molar refractivity (Wildman–Crippen MR) is 86.5 cm³/mol. The summed E-state index contributed by atoms with van der Waals surface area (Å²) in [7, 11) is 1.50. The summed E-state index contributed by atoms with van der Waals surface area (Å²) in [5.74, 6) is 0.0177. The Morgan fingerprint density at radius 2 is 1.65 bits per heavy atom. The minimum Gasteiger partial charge on any atom is -0.493 e. The maximum atomic E-state index is 11.9. The third-order valence-corrected chi connectivity index (χ3v) is 3.34. The smallest absolute Gasteiger partial charge is 0.330 e. The normalized spacial score (nSPS) is 10.0. The summed E-state index contributed by atoms with van der Waals surface area (Å²) in [4.78, 5) is 23.7. The lowest BCUT2D eigenvalue weighted by molar-refractivity contribution is -0.135. The second-order valence-electron chi connectivity index (χ2n) is 5.00. The predicted octanol–water partition coefficient (Wildman–Crippen LogP) is 2.27. The molecule has 0 aliphatic heterocycles. The molecule has 0 unspecified atom stereocenters. The van der Waals surface area contributed by atoms with E-state index in [1.54, 1.807) is 24.3 Å². The van der Waals surface area contributed by atoms with Crippen molar-refractivity contribution in [1.29, 1.82) is 0 Å². The van der Waals surface area contributed by atoms with Gasteiger partial charge in [0, 0.05) is 0 Å². The van der Waals surface area contributed by atoms with Gasteiger partial charge >= 0.3 is 5.97 Å². The molecule has 0 radical (unpaired) electrons. The molecule has 0 aliphatic carbocycles. The maximum Gasteiger partial charge on any atom is 0.330 e. The number of carbonyl (C=O) groups is 2. The summed E-state index contributed by atoms with van der Waals surface area (Å²) < 4.78 is 10.3. The van der Waals surface area contributed by atoms with Crippen molar-refractivity contribution in [3.05, 3.63) is 59.7 Å². The first-order valence-corrected chi connectivity index (χ1v) is 7.25. The Kier molecular flexibility index (Phi) is 5.74. The van der Waals surface area contributed by atoms with Crippen molar-refractivity contribution in [2.24, 2.45) is 0 Å². The highest BCUT2D eigenvalue weighted by Gasteiger charge is 2.11. The van der Waals surface area contributed by atoms with E-state index in [2.05, 4.69) is 5.32 Å². The number of esters is 1. The van der Waals surface area contributed by atoms with Crippen molar-refractivity contribution >= 4 is 11.9 Å². The van der Waals surface area contributed by atoms with Crippen molar-refractivity contribution in [3.63, 3.8) is 0 Å². The first-order valence-electron chi connectivity index (χ1n) is 7.25. The van der Waals surface area contributed by atoms with Crippen molar-refractivity contribution in [1.82, 2.24) is 5.32 Å². The molecule has 0 atom stereocenters. The van der Waals surface area contributed by atoms with Crippen LogP contribution in [0.4, 0.5) is 0 Å². The Labute approximate surface area is 135 Å². The molecule has 0 aliphatic rings. The summed E-state index contributed by atoms with van der Waals surface area (Å²) in [6.07, 6.45) is 0.231. The molecular formula is C18H19NO4. The van der Waals surface area contributed by atoms with Gasteiger partial charge in [-0.3, -0.25) is 4.79 Å². The molecule has 0 spiro atoms. The van der Waals surface area contributed by atoms with Gasteiger partial charge in [-0.15, -0.1) is 0 Å². The minimum atomic E-state index is -0.548. The van der Waals surface area contributed by atoms with Crippen LogP contribution >= 0.6 is 0 Å². The molecular weight excluding hydrogens is 294 g/mol. The molecule has 120 valence electrons. The second kappa shape index (κ2) is 7.98. The molecule has 0 heterocycles. The SMILES string of the molecule is COc1ccccc1OC(=O)CNC(=O)Cc1ccccc1C. The monoisotopic (exact) mass is 313 g/mol. The van der Waals surface area contributed by atoms with Gasteiger partial charge in [0.15, 0.2) is 11.5 Å². The molecule has 2 aromatic carbocycles. The fraction of sp³-hybridized carbons (Fsp3) is 0.222. The van der Waals surface area contributed by atoms with E-state index in [0.717, 1.165) is 11.1 Å².